The number of benzene rings is 2. The number of carboxylic acid groups (broad SMARTS) is 1. The molecule has 0 radical (unpaired) electrons. The summed E-state index contributed by atoms with van der Waals surface area (Å²) in [7, 11) is 0. The molecule has 1 heterocycles. The lowest BCUT2D eigenvalue weighted by Gasteiger charge is -2.28. The first-order chi connectivity index (χ1) is 13.6. The fourth-order valence-electron chi connectivity index (χ4n) is 3.41. The number of nitrogens with one attached hydrogen (secondary N) is 1. The van der Waals surface area contributed by atoms with E-state index in [1.165, 1.54) is 0 Å². The molecule has 1 saturated heterocycles. The summed E-state index contributed by atoms with van der Waals surface area (Å²) in [6.45, 7) is 1.19. The van der Waals surface area contributed by atoms with E-state index in [0.29, 0.717) is 37.4 Å². The van der Waals surface area contributed by atoms with Crippen molar-refractivity contribution in [2.75, 3.05) is 19.8 Å². The van der Waals surface area contributed by atoms with Gasteiger partial charge in [-0.05, 0) is 30.9 Å². The van der Waals surface area contributed by atoms with Crippen molar-refractivity contribution in [1.29, 1.82) is 0 Å². The van der Waals surface area contributed by atoms with Crippen LogP contribution in [0.3, 0.4) is 0 Å². The molecule has 2 atom stereocenters. The first-order valence-electron chi connectivity index (χ1n) is 9.50. The number of carbonyl (C=O) groups is 2. The van der Waals surface area contributed by atoms with Crippen molar-refractivity contribution in [3.05, 3.63) is 66.2 Å². The number of hydrogen-bond acceptors (Lipinski definition) is 4. The molecule has 1 amide bonds. The number of amides is 1. The first-order valence-corrected chi connectivity index (χ1v) is 9.50. The van der Waals surface area contributed by atoms with Crippen LogP contribution in [0.2, 0.25) is 0 Å². The fourth-order valence-corrected chi connectivity index (χ4v) is 3.41. The minimum atomic E-state index is -0.896. The molecule has 1 aliphatic heterocycles. The van der Waals surface area contributed by atoms with E-state index in [1.807, 2.05) is 48.5 Å². The second-order valence-electron chi connectivity index (χ2n) is 6.86. The van der Waals surface area contributed by atoms with E-state index < -0.39 is 18.0 Å². The molecule has 6 heteroatoms. The monoisotopic (exact) mass is 383 g/mol. The summed E-state index contributed by atoms with van der Waals surface area (Å²) in [5, 5.41) is 12.4. The van der Waals surface area contributed by atoms with Crippen molar-refractivity contribution in [2.24, 2.45) is 11.8 Å². The molecule has 2 N–H and O–H groups in total. The molecular weight excluding hydrogens is 358 g/mol. The van der Waals surface area contributed by atoms with Crippen LogP contribution in [0.25, 0.3) is 0 Å². The van der Waals surface area contributed by atoms with E-state index in [0.717, 1.165) is 0 Å². The highest BCUT2D eigenvalue weighted by Gasteiger charge is 2.31. The summed E-state index contributed by atoms with van der Waals surface area (Å²) in [5.41, 5.74) is 0.710. The van der Waals surface area contributed by atoms with Gasteiger partial charge in [0.15, 0.2) is 0 Å². The lowest BCUT2D eigenvalue weighted by atomic mass is 9.86. The van der Waals surface area contributed by atoms with Crippen LogP contribution in [0.1, 0.15) is 24.5 Å². The quantitative estimate of drug-likeness (QED) is 0.732. The Balaban J connectivity index is 1.70. The summed E-state index contributed by atoms with van der Waals surface area (Å²) in [6, 6.07) is 18.3. The molecule has 2 aromatic carbocycles. The summed E-state index contributed by atoms with van der Waals surface area (Å²) in [6.07, 6.45) is 0.526. The molecule has 0 aliphatic carbocycles. The second kappa shape index (κ2) is 9.90. The average Bonchev–Trinajstić information content (AvgIpc) is 2.74. The highest BCUT2D eigenvalue weighted by Crippen LogP contribution is 2.25. The van der Waals surface area contributed by atoms with Crippen LogP contribution in [0.15, 0.2) is 60.7 Å². The largest absolute Gasteiger partial charge is 0.481 e. The van der Waals surface area contributed by atoms with Gasteiger partial charge in [0.05, 0.1) is 5.92 Å². The van der Waals surface area contributed by atoms with Gasteiger partial charge in [0.1, 0.15) is 5.75 Å². The Morgan fingerprint density at radius 1 is 1.04 bits per heavy atom. The maximum absolute atomic E-state index is 12.9. The maximum Gasteiger partial charge on any atom is 0.308 e. The van der Waals surface area contributed by atoms with E-state index in [-0.39, 0.29) is 18.4 Å². The van der Waals surface area contributed by atoms with E-state index >= 15 is 0 Å². The lowest BCUT2D eigenvalue weighted by molar-refractivity contribution is -0.145. The molecule has 1 fully saturated rings. The minimum absolute atomic E-state index is 0.00299. The van der Waals surface area contributed by atoms with E-state index in [1.54, 1.807) is 12.1 Å². The second-order valence-corrected chi connectivity index (χ2v) is 6.86. The van der Waals surface area contributed by atoms with Crippen LogP contribution >= 0.6 is 0 Å². The predicted molar refractivity (Wildman–Crippen MR) is 104 cm³/mol. The molecule has 0 saturated carbocycles. The zero-order valence-electron chi connectivity index (χ0n) is 15.6. The molecule has 2 unspecified atom stereocenters. The lowest BCUT2D eigenvalue weighted by Crippen LogP contribution is -2.41. The van der Waals surface area contributed by atoms with E-state index in [2.05, 4.69) is 5.32 Å². The fraction of sp³-hybridized carbons (Fsp3) is 0.364. The third kappa shape index (κ3) is 5.33. The summed E-state index contributed by atoms with van der Waals surface area (Å²) >= 11 is 0. The van der Waals surface area contributed by atoms with Gasteiger partial charge in [-0.1, -0.05) is 48.5 Å². The maximum atomic E-state index is 12.9. The smallest absolute Gasteiger partial charge is 0.308 e. The highest BCUT2D eigenvalue weighted by atomic mass is 16.5. The van der Waals surface area contributed by atoms with Gasteiger partial charge < -0.3 is 19.9 Å². The highest BCUT2D eigenvalue weighted by molar-refractivity contribution is 5.83. The van der Waals surface area contributed by atoms with Crippen molar-refractivity contribution in [2.45, 2.75) is 18.9 Å². The molecule has 148 valence electrons. The van der Waals surface area contributed by atoms with Gasteiger partial charge >= 0.3 is 5.97 Å². The molecular formula is C22H25NO5. The molecule has 0 bridgehead atoms. The predicted octanol–water partition coefficient (Wildman–Crippen LogP) is 3.05. The van der Waals surface area contributed by atoms with Crippen molar-refractivity contribution in [3.63, 3.8) is 0 Å². The Hall–Kier alpha value is -2.86. The molecule has 6 nitrogen and oxygen atoms in total. The van der Waals surface area contributed by atoms with Crippen LogP contribution in [-0.4, -0.2) is 36.7 Å². The Labute approximate surface area is 164 Å². The summed E-state index contributed by atoms with van der Waals surface area (Å²) in [4.78, 5) is 24.6. The van der Waals surface area contributed by atoms with Crippen LogP contribution in [-0.2, 0) is 14.3 Å². The first kappa shape index (κ1) is 19.9. The topological polar surface area (TPSA) is 84.9 Å². The van der Waals surface area contributed by atoms with Crippen molar-refractivity contribution in [1.82, 2.24) is 5.32 Å². The minimum Gasteiger partial charge on any atom is -0.481 e. The molecule has 28 heavy (non-hydrogen) atoms. The summed E-state index contributed by atoms with van der Waals surface area (Å²) < 4.78 is 11.2. The van der Waals surface area contributed by atoms with Crippen LogP contribution in [0.5, 0.6) is 5.75 Å². The van der Waals surface area contributed by atoms with Crippen LogP contribution in [0.4, 0.5) is 0 Å². The molecule has 1 aliphatic rings. The van der Waals surface area contributed by atoms with Crippen molar-refractivity contribution >= 4 is 11.9 Å². The van der Waals surface area contributed by atoms with Crippen molar-refractivity contribution < 1.29 is 24.2 Å². The Kier molecular flexibility index (Phi) is 7.03. The number of ether oxygens (including phenoxy) is 2. The van der Waals surface area contributed by atoms with Gasteiger partial charge in [0.2, 0.25) is 6.10 Å². The Morgan fingerprint density at radius 2 is 1.64 bits per heavy atom. The number of aliphatic carboxylic acids is 1. The number of para-hydroxylation sites is 1. The number of carbonyl (C=O) groups excluding carboxylic acids is 1. The number of hydrogen-bond donors (Lipinski definition) is 2. The zero-order valence-corrected chi connectivity index (χ0v) is 15.6. The molecule has 0 spiro atoms. The summed E-state index contributed by atoms with van der Waals surface area (Å²) in [5.74, 6) is -1.32. The average molecular weight is 383 g/mol. The van der Waals surface area contributed by atoms with Gasteiger partial charge in [-0.15, -0.1) is 0 Å². The van der Waals surface area contributed by atoms with Crippen LogP contribution in [0, 0.1) is 11.8 Å². The van der Waals surface area contributed by atoms with Gasteiger partial charge in [0, 0.05) is 25.3 Å². The Morgan fingerprint density at radius 3 is 2.25 bits per heavy atom. The van der Waals surface area contributed by atoms with Gasteiger partial charge in [0.25, 0.3) is 5.91 Å². The number of rotatable bonds is 8. The molecule has 0 aromatic heterocycles. The van der Waals surface area contributed by atoms with Crippen molar-refractivity contribution in [3.8, 4) is 5.75 Å². The molecule has 3 rings (SSSR count). The molecule has 2 aromatic rings. The van der Waals surface area contributed by atoms with Gasteiger partial charge in [-0.25, -0.2) is 0 Å². The van der Waals surface area contributed by atoms with E-state index in [9.17, 15) is 14.7 Å². The number of carboxylic acids is 1. The third-order valence-corrected chi connectivity index (χ3v) is 4.99. The van der Waals surface area contributed by atoms with Crippen LogP contribution < -0.4 is 10.1 Å². The Bertz CT molecular complexity index is 759. The standard InChI is InChI=1S/C22H25NO5/c24-21(23-15-19(22(25)26)16-11-13-27-14-12-16)20(17-7-3-1-4-8-17)28-18-9-5-2-6-10-18/h1-10,16,19-20H,11-15H2,(H,23,24)(H,25,26). The van der Waals surface area contributed by atoms with Gasteiger partial charge in [-0.3, -0.25) is 9.59 Å². The SMILES string of the molecule is O=C(NCC(C(=O)O)C1CCOCC1)C(Oc1ccccc1)c1ccccc1. The third-order valence-electron chi connectivity index (χ3n) is 4.99. The van der Waals surface area contributed by atoms with E-state index in [4.69, 9.17) is 9.47 Å². The zero-order chi connectivity index (χ0) is 19.8. The van der Waals surface area contributed by atoms with Gasteiger partial charge in [-0.2, -0.15) is 0 Å². The normalized spacial score (nSPS) is 16.7.